The molecule has 0 amide bonds. The van der Waals surface area contributed by atoms with Gasteiger partial charge in [-0.1, -0.05) is 72.3 Å². The molecule has 0 saturated heterocycles. The summed E-state index contributed by atoms with van der Waals surface area (Å²) in [4.78, 5) is 0. The van der Waals surface area contributed by atoms with E-state index in [0.717, 1.165) is 22.4 Å². The lowest BCUT2D eigenvalue weighted by molar-refractivity contribution is 0.174. The van der Waals surface area contributed by atoms with Gasteiger partial charge in [0.25, 0.3) is 0 Å². The first-order valence-electron chi connectivity index (χ1n) is 8.92. The summed E-state index contributed by atoms with van der Waals surface area (Å²) in [5, 5.41) is 13.5. The zero-order valence-corrected chi connectivity index (χ0v) is 15.1. The van der Waals surface area contributed by atoms with Crippen molar-refractivity contribution in [2.75, 3.05) is 6.54 Å². The fourth-order valence-electron chi connectivity index (χ4n) is 2.74. The van der Waals surface area contributed by atoms with Crippen molar-refractivity contribution in [3.63, 3.8) is 0 Å². The van der Waals surface area contributed by atoms with Crippen molar-refractivity contribution in [3.05, 3.63) is 101 Å². The molecule has 0 bridgehead atoms. The standard InChI is InChI=1S/C23H25NO2/c1-18-10-12-19(13-11-18)17-26-22-9-5-6-20(14-22)15-24-16-23(25)21-7-3-2-4-8-21/h2-14,23-25H,15-17H2,1H3/t23-/m1/s1. The second-order valence-electron chi connectivity index (χ2n) is 6.48. The molecule has 0 spiro atoms. The molecule has 3 heteroatoms. The van der Waals surface area contributed by atoms with E-state index in [-0.39, 0.29) is 0 Å². The molecule has 0 aromatic heterocycles. The smallest absolute Gasteiger partial charge is 0.120 e. The van der Waals surface area contributed by atoms with Gasteiger partial charge in [-0.25, -0.2) is 0 Å². The van der Waals surface area contributed by atoms with Crippen molar-refractivity contribution in [1.29, 1.82) is 0 Å². The molecule has 0 aliphatic heterocycles. The summed E-state index contributed by atoms with van der Waals surface area (Å²) >= 11 is 0. The maximum Gasteiger partial charge on any atom is 0.120 e. The zero-order valence-electron chi connectivity index (χ0n) is 15.1. The minimum atomic E-state index is -0.503. The van der Waals surface area contributed by atoms with Gasteiger partial charge >= 0.3 is 0 Å². The molecule has 134 valence electrons. The monoisotopic (exact) mass is 347 g/mol. The predicted molar refractivity (Wildman–Crippen MR) is 105 cm³/mol. The average Bonchev–Trinajstić information content (AvgIpc) is 2.68. The van der Waals surface area contributed by atoms with Gasteiger partial charge in [0.05, 0.1) is 6.10 Å². The quantitative estimate of drug-likeness (QED) is 0.635. The number of benzene rings is 3. The Hall–Kier alpha value is -2.62. The number of rotatable bonds is 8. The predicted octanol–water partition coefficient (Wildman–Crippen LogP) is 4.40. The highest BCUT2D eigenvalue weighted by Gasteiger charge is 2.06. The van der Waals surface area contributed by atoms with Gasteiger partial charge in [-0.3, -0.25) is 0 Å². The van der Waals surface area contributed by atoms with Gasteiger partial charge in [0.15, 0.2) is 0 Å². The van der Waals surface area contributed by atoms with Gasteiger partial charge in [-0.2, -0.15) is 0 Å². The molecule has 0 unspecified atom stereocenters. The summed E-state index contributed by atoms with van der Waals surface area (Å²) in [5.41, 5.74) is 4.46. The first kappa shape index (κ1) is 18.2. The second kappa shape index (κ2) is 9.18. The number of aryl methyl sites for hydroxylation is 1. The van der Waals surface area contributed by atoms with Crippen molar-refractivity contribution in [2.45, 2.75) is 26.2 Å². The minimum absolute atomic E-state index is 0.503. The molecule has 0 aliphatic carbocycles. The molecule has 26 heavy (non-hydrogen) atoms. The van der Waals surface area contributed by atoms with Crippen LogP contribution in [0.25, 0.3) is 0 Å². The number of nitrogens with one attached hydrogen (secondary N) is 1. The van der Waals surface area contributed by atoms with Crippen LogP contribution in [0.3, 0.4) is 0 Å². The van der Waals surface area contributed by atoms with E-state index in [4.69, 9.17) is 4.74 Å². The SMILES string of the molecule is Cc1ccc(COc2cccc(CNC[C@@H](O)c3ccccc3)c2)cc1. The third kappa shape index (κ3) is 5.45. The first-order chi connectivity index (χ1) is 12.7. The minimum Gasteiger partial charge on any atom is -0.489 e. The van der Waals surface area contributed by atoms with Crippen LogP contribution in [-0.4, -0.2) is 11.7 Å². The Labute approximate surface area is 155 Å². The van der Waals surface area contributed by atoms with Crippen LogP contribution >= 0.6 is 0 Å². The fraction of sp³-hybridized carbons (Fsp3) is 0.217. The lowest BCUT2D eigenvalue weighted by Gasteiger charge is -2.13. The lowest BCUT2D eigenvalue weighted by Crippen LogP contribution is -2.21. The molecule has 0 fully saturated rings. The highest BCUT2D eigenvalue weighted by atomic mass is 16.5. The maximum atomic E-state index is 10.2. The lowest BCUT2D eigenvalue weighted by atomic mass is 10.1. The van der Waals surface area contributed by atoms with Crippen molar-refractivity contribution in [1.82, 2.24) is 5.32 Å². The number of ether oxygens (including phenoxy) is 1. The van der Waals surface area contributed by atoms with Crippen LogP contribution in [0.15, 0.2) is 78.9 Å². The summed E-state index contributed by atoms with van der Waals surface area (Å²) in [6, 6.07) is 26.1. The molecule has 3 aromatic rings. The summed E-state index contributed by atoms with van der Waals surface area (Å²) in [5.74, 6) is 0.855. The maximum absolute atomic E-state index is 10.2. The van der Waals surface area contributed by atoms with Crippen LogP contribution in [0, 0.1) is 6.92 Å². The summed E-state index contributed by atoms with van der Waals surface area (Å²) in [6.45, 7) is 3.84. The molecule has 0 heterocycles. The largest absolute Gasteiger partial charge is 0.489 e. The van der Waals surface area contributed by atoms with Gasteiger partial charge in [0, 0.05) is 13.1 Å². The average molecular weight is 347 g/mol. The Balaban J connectivity index is 1.48. The first-order valence-corrected chi connectivity index (χ1v) is 8.92. The number of aliphatic hydroxyl groups is 1. The van der Waals surface area contributed by atoms with E-state index in [2.05, 4.69) is 42.6 Å². The van der Waals surface area contributed by atoms with Crippen LogP contribution in [-0.2, 0) is 13.2 Å². The Morgan fingerprint density at radius 3 is 2.42 bits per heavy atom. The Morgan fingerprint density at radius 2 is 1.65 bits per heavy atom. The van der Waals surface area contributed by atoms with Gasteiger partial charge in [-0.15, -0.1) is 0 Å². The molecular weight excluding hydrogens is 322 g/mol. The number of hydrogen-bond donors (Lipinski definition) is 2. The van der Waals surface area contributed by atoms with E-state index in [9.17, 15) is 5.11 Å². The molecule has 3 nitrogen and oxygen atoms in total. The highest BCUT2D eigenvalue weighted by molar-refractivity contribution is 5.29. The summed E-state index contributed by atoms with van der Waals surface area (Å²) < 4.78 is 5.89. The van der Waals surface area contributed by atoms with Crippen molar-refractivity contribution >= 4 is 0 Å². The van der Waals surface area contributed by atoms with E-state index in [1.165, 1.54) is 5.56 Å². The van der Waals surface area contributed by atoms with Crippen LogP contribution in [0.4, 0.5) is 0 Å². The van der Waals surface area contributed by atoms with E-state index in [1.807, 2.05) is 48.5 Å². The molecule has 3 aromatic carbocycles. The molecule has 0 radical (unpaired) electrons. The van der Waals surface area contributed by atoms with E-state index >= 15 is 0 Å². The Bertz CT molecular complexity index is 800. The zero-order chi connectivity index (χ0) is 18.2. The molecule has 0 saturated carbocycles. The van der Waals surface area contributed by atoms with Gasteiger partial charge in [0.1, 0.15) is 12.4 Å². The van der Waals surface area contributed by atoms with Gasteiger partial charge < -0.3 is 15.2 Å². The van der Waals surface area contributed by atoms with Crippen LogP contribution in [0.5, 0.6) is 5.75 Å². The van der Waals surface area contributed by atoms with Crippen molar-refractivity contribution in [3.8, 4) is 5.75 Å². The molecule has 0 aliphatic rings. The van der Waals surface area contributed by atoms with E-state index in [1.54, 1.807) is 0 Å². The van der Waals surface area contributed by atoms with E-state index in [0.29, 0.717) is 19.7 Å². The summed E-state index contributed by atoms with van der Waals surface area (Å²) in [6.07, 6.45) is -0.503. The molecule has 2 N–H and O–H groups in total. The third-order valence-electron chi connectivity index (χ3n) is 4.28. The van der Waals surface area contributed by atoms with Crippen molar-refractivity contribution < 1.29 is 9.84 Å². The Kier molecular flexibility index (Phi) is 6.42. The second-order valence-corrected chi connectivity index (χ2v) is 6.48. The normalized spacial score (nSPS) is 11.9. The third-order valence-corrected chi connectivity index (χ3v) is 4.28. The number of aliphatic hydroxyl groups excluding tert-OH is 1. The summed E-state index contributed by atoms with van der Waals surface area (Å²) in [7, 11) is 0. The van der Waals surface area contributed by atoms with Crippen LogP contribution < -0.4 is 10.1 Å². The molecule has 3 rings (SSSR count). The fourth-order valence-corrected chi connectivity index (χ4v) is 2.74. The molecule has 1 atom stereocenters. The van der Waals surface area contributed by atoms with Crippen LogP contribution in [0.2, 0.25) is 0 Å². The van der Waals surface area contributed by atoms with Gasteiger partial charge in [-0.05, 0) is 35.7 Å². The van der Waals surface area contributed by atoms with Crippen molar-refractivity contribution in [2.24, 2.45) is 0 Å². The van der Waals surface area contributed by atoms with Gasteiger partial charge in [0.2, 0.25) is 0 Å². The van der Waals surface area contributed by atoms with Crippen LogP contribution in [0.1, 0.15) is 28.4 Å². The topological polar surface area (TPSA) is 41.5 Å². The Morgan fingerprint density at radius 1 is 0.885 bits per heavy atom. The van der Waals surface area contributed by atoms with E-state index < -0.39 is 6.10 Å². The molecular formula is C23H25NO2. The number of hydrogen-bond acceptors (Lipinski definition) is 3. The highest BCUT2D eigenvalue weighted by Crippen LogP contribution is 2.16.